The van der Waals surface area contributed by atoms with E-state index in [9.17, 15) is 14.9 Å². The molecule has 160 valence electrons. The number of aryl methyl sites for hydroxylation is 1. The van der Waals surface area contributed by atoms with E-state index in [0.717, 1.165) is 10.2 Å². The van der Waals surface area contributed by atoms with E-state index < -0.39 is 10.5 Å². The molecular weight excluding hydrogens is 426 g/mol. The molecule has 0 bridgehead atoms. The van der Waals surface area contributed by atoms with E-state index in [1.165, 1.54) is 32.6 Å². The summed E-state index contributed by atoms with van der Waals surface area (Å²) in [6, 6.07) is 12.1. The van der Waals surface area contributed by atoms with Gasteiger partial charge in [0.1, 0.15) is 17.3 Å². The molecule has 0 saturated heterocycles. The summed E-state index contributed by atoms with van der Waals surface area (Å²) in [4.78, 5) is 22.8. The number of halogens is 1. The second-order valence-corrected chi connectivity index (χ2v) is 6.65. The molecule has 31 heavy (non-hydrogen) atoms. The third-order valence-electron chi connectivity index (χ3n) is 4.18. The fourth-order valence-electron chi connectivity index (χ4n) is 2.61. The highest BCUT2D eigenvalue weighted by molar-refractivity contribution is 6.32. The minimum atomic E-state index is -0.560. The van der Waals surface area contributed by atoms with Gasteiger partial charge in [0, 0.05) is 18.7 Å². The highest BCUT2D eigenvalue weighted by atomic mass is 35.5. The van der Waals surface area contributed by atoms with Crippen LogP contribution in [0.1, 0.15) is 11.1 Å². The number of benzene rings is 2. The highest BCUT2D eigenvalue weighted by Gasteiger charge is 2.22. The Labute approximate surface area is 181 Å². The molecule has 0 unspecified atom stereocenters. The molecule has 0 radical (unpaired) electrons. The van der Waals surface area contributed by atoms with Crippen LogP contribution in [0.3, 0.4) is 0 Å². The Morgan fingerprint density at radius 2 is 2.06 bits per heavy atom. The number of nitrogens with zero attached hydrogens (tertiary/aromatic N) is 4. The minimum absolute atomic E-state index is 0.0141. The number of hydrogen-bond acceptors (Lipinski definition) is 8. The van der Waals surface area contributed by atoms with Crippen molar-refractivity contribution >= 4 is 29.2 Å². The summed E-state index contributed by atoms with van der Waals surface area (Å²) in [5, 5.41) is 19.3. The molecule has 1 heterocycles. The summed E-state index contributed by atoms with van der Waals surface area (Å²) < 4.78 is 12.1. The Balaban J connectivity index is 1.85. The number of hydrogen-bond donors (Lipinski definition) is 1. The fourth-order valence-corrected chi connectivity index (χ4v) is 2.82. The Bertz CT molecular complexity index is 1180. The molecule has 0 amide bonds. The van der Waals surface area contributed by atoms with E-state index in [-0.39, 0.29) is 34.5 Å². The topological polar surface area (TPSA) is 121 Å². The Morgan fingerprint density at radius 3 is 2.74 bits per heavy atom. The number of ether oxygens (including phenoxy) is 2. The standard InChI is InChI=1S/C20H18ClN5O5/c1-25-20(27)18(21)15(11-23-25)24-22-10-14-8-16(26(28)29)19(17(9-14)30-2)31-12-13-6-4-3-5-7-13/h3-11,24H,12H2,1-2H3/b22-10-. The molecule has 3 rings (SSSR count). The first-order valence-corrected chi connectivity index (χ1v) is 9.32. The molecule has 0 fully saturated rings. The quantitative estimate of drug-likeness (QED) is 0.322. The molecule has 1 N–H and O–H groups in total. The summed E-state index contributed by atoms with van der Waals surface area (Å²) in [6.45, 7) is 0.140. The molecule has 0 aliphatic rings. The van der Waals surface area contributed by atoms with Crippen LogP contribution in [0.15, 0.2) is 58.6 Å². The van der Waals surface area contributed by atoms with Gasteiger partial charge in [0.25, 0.3) is 5.56 Å². The van der Waals surface area contributed by atoms with Gasteiger partial charge in [-0.05, 0) is 11.6 Å². The molecule has 0 atom stereocenters. The third-order valence-corrected chi connectivity index (χ3v) is 4.54. The van der Waals surface area contributed by atoms with Gasteiger partial charge in [0.2, 0.25) is 5.75 Å². The number of nitro benzene ring substituents is 1. The molecule has 3 aromatic rings. The average Bonchev–Trinajstić information content (AvgIpc) is 2.78. The molecule has 0 saturated carbocycles. The first-order chi connectivity index (χ1) is 14.9. The number of aromatic nitrogens is 2. The second-order valence-electron chi connectivity index (χ2n) is 6.27. The molecule has 0 aliphatic carbocycles. The Morgan fingerprint density at radius 1 is 1.32 bits per heavy atom. The maximum absolute atomic E-state index is 11.8. The zero-order valence-electron chi connectivity index (χ0n) is 16.6. The molecule has 1 aromatic heterocycles. The second kappa shape index (κ2) is 9.72. The molecule has 0 aliphatic heterocycles. The predicted molar refractivity (Wildman–Crippen MR) is 116 cm³/mol. The van der Waals surface area contributed by atoms with Crippen molar-refractivity contribution in [3.05, 3.63) is 85.3 Å². The third kappa shape index (κ3) is 5.17. The van der Waals surface area contributed by atoms with Crippen LogP contribution >= 0.6 is 11.6 Å². The van der Waals surface area contributed by atoms with E-state index in [4.69, 9.17) is 21.1 Å². The largest absolute Gasteiger partial charge is 0.493 e. The molecule has 0 spiro atoms. The van der Waals surface area contributed by atoms with Gasteiger partial charge in [0.05, 0.1) is 24.4 Å². The first kappa shape index (κ1) is 21.8. The fraction of sp³-hybridized carbons (Fsp3) is 0.150. The van der Waals surface area contributed by atoms with Crippen molar-refractivity contribution in [3.63, 3.8) is 0 Å². The van der Waals surface area contributed by atoms with Gasteiger partial charge in [-0.3, -0.25) is 20.3 Å². The Hall–Kier alpha value is -3.92. The number of methoxy groups -OCH3 is 1. The van der Waals surface area contributed by atoms with Crippen LogP contribution < -0.4 is 20.5 Å². The van der Waals surface area contributed by atoms with Crippen molar-refractivity contribution in [1.29, 1.82) is 0 Å². The number of hydrazone groups is 1. The van der Waals surface area contributed by atoms with Crippen molar-refractivity contribution in [1.82, 2.24) is 9.78 Å². The summed E-state index contributed by atoms with van der Waals surface area (Å²) in [7, 11) is 2.85. The SMILES string of the molecule is COc1cc(/C=N\Nc2cnn(C)c(=O)c2Cl)cc([N+](=O)[O-])c1OCc1ccccc1. The van der Waals surface area contributed by atoms with E-state index in [1.807, 2.05) is 30.3 Å². The van der Waals surface area contributed by atoms with E-state index in [0.29, 0.717) is 5.56 Å². The van der Waals surface area contributed by atoms with Gasteiger partial charge in [-0.25, -0.2) is 4.68 Å². The lowest BCUT2D eigenvalue weighted by Crippen LogP contribution is -2.20. The number of anilines is 1. The maximum atomic E-state index is 11.8. The first-order valence-electron chi connectivity index (χ1n) is 8.94. The zero-order valence-corrected chi connectivity index (χ0v) is 17.4. The van der Waals surface area contributed by atoms with Gasteiger partial charge in [0.15, 0.2) is 5.75 Å². The molecule has 11 heteroatoms. The van der Waals surface area contributed by atoms with Gasteiger partial charge in [-0.2, -0.15) is 10.2 Å². The molecular formula is C20H18ClN5O5. The predicted octanol–water partition coefficient (Wildman–Crippen LogP) is 3.38. The number of nitro groups is 1. The smallest absolute Gasteiger partial charge is 0.315 e. The van der Waals surface area contributed by atoms with Gasteiger partial charge < -0.3 is 9.47 Å². The van der Waals surface area contributed by atoms with E-state index in [2.05, 4.69) is 15.6 Å². The summed E-state index contributed by atoms with van der Waals surface area (Å²) in [6.07, 6.45) is 2.66. The van der Waals surface area contributed by atoms with Gasteiger partial charge in [-0.15, -0.1) is 0 Å². The lowest BCUT2D eigenvalue weighted by atomic mass is 10.1. The van der Waals surface area contributed by atoms with Crippen LogP contribution in [0, 0.1) is 10.1 Å². The van der Waals surface area contributed by atoms with E-state index >= 15 is 0 Å². The Kier molecular flexibility index (Phi) is 6.83. The summed E-state index contributed by atoms with van der Waals surface area (Å²) in [5.41, 5.74) is 3.26. The number of rotatable bonds is 8. The summed E-state index contributed by atoms with van der Waals surface area (Å²) >= 11 is 5.97. The van der Waals surface area contributed by atoms with Crippen molar-refractivity contribution in [2.45, 2.75) is 6.61 Å². The van der Waals surface area contributed by atoms with Crippen molar-refractivity contribution < 1.29 is 14.4 Å². The normalized spacial score (nSPS) is 10.8. The van der Waals surface area contributed by atoms with Crippen LogP contribution in [0.25, 0.3) is 0 Å². The maximum Gasteiger partial charge on any atom is 0.315 e. The molecule has 2 aromatic carbocycles. The minimum Gasteiger partial charge on any atom is -0.493 e. The van der Waals surface area contributed by atoms with Crippen LogP contribution in [0.4, 0.5) is 11.4 Å². The van der Waals surface area contributed by atoms with Crippen LogP contribution in [-0.2, 0) is 13.7 Å². The summed E-state index contributed by atoms with van der Waals surface area (Å²) in [5.74, 6) is 0.195. The number of nitrogens with one attached hydrogen (secondary N) is 1. The average molecular weight is 444 g/mol. The van der Waals surface area contributed by atoms with Crippen molar-refractivity contribution in [2.75, 3.05) is 12.5 Å². The molecule has 10 nitrogen and oxygen atoms in total. The van der Waals surface area contributed by atoms with Crippen molar-refractivity contribution in [2.24, 2.45) is 12.1 Å². The lowest BCUT2D eigenvalue weighted by Gasteiger charge is -2.12. The van der Waals surface area contributed by atoms with Crippen LogP contribution in [0.2, 0.25) is 5.02 Å². The van der Waals surface area contributed by atoms with Gasteiger partial charge in [-0.1, -0.05) is 41.9 Å². The highest BCUT2D eigenvalue weighted by Crippen LogP contribution is 2.38. The monoisotopic (exact) mass is 443 g/mol. The van der Waals surface area contributed by atoms with Crippen molar-refractivity contribution in [3.8, 4) is 11.5 Å². The zero-order chi connectivity index (χ0) is 22.4. The van der Waals surface area contributed by atoms with E-state index in [1.54, 1.807) is 6.07 Å². The van der Waals surface area contributed by atoms with Crippen LogP contribution in [-0.4, -0.2) is 28.0 Å². The lowest BCUT2D eigenvalue weighted by molar-refractivity contribution is -0.386. The van der Waals surface area contributed by atoms with Crippen LogP contribution in [0.5, 0.6) is 11.5 Å². The van der Waals surface area contributed by atoms with Gasteiger partial charge >= 0.3 is 5.69 Å².